The molecule has 4 nitrogen and oxygen atoms in total. The van der Waals surface area contributed by atoms with Gasteiger partial charge in [-0.25, -0.2) is 0 Å². The van der Waals surface area contributed by atoms with Gasteiger partial charge in [-0.3, -0.25) is 0 Å². The molecule has 0 saturated heterocycles. The number of nitrogens with one attached hydrogen (secondary N) is 1. The van der Waals surface area contributed by atoms with Crippen LogP contribution >= 0.6 is 0 Å². The highest BCUT2D eigenvalue weighted by atomic mass is 32.2. The van der Waals surface area contributed by atoms with Gasteiger partial charge in [0.1, 0.15) is 16.1 Å². The Hall–Kier alpha value is -2.59. The predicted molar refractivity (Wildman–Crippen MR) is 164 cm³/mol. The van der Waals surface area contributed by atoms with Crippen molar-refractivity contribution in [3.05, 3.63) is 90.0 Å². The fourth-order valence-electron chi connectivity index (χ4n) is 4.73. The van der Waals surface area contributed by atoms with Crippen LogP contribution in [0.1, 0.15) is 59.6 Å². The summed E-state index contributed by atoms with van der Waals surface area (Å²) >= 11 is -1.62. The van der Waals surface area contributed by atoms with Crippen molar-refractivity contribution in [1.82, 2.24) is 0 Å². The molecule has 0 saturated carbocycles. The molecule has 216 valence electrons. The molecule has 0 aromatic heterocycles. The first-order valence-corrected chi connectivity index (χ1v) is 16.3. The Morgan fingerprint density at radius 1 is 0.850 bits per heavy atom. The van der Waals surface area contributed by atoms with Crippen LogP contribution in [0.3, 0.4) is 0 Å². The third-order valence-electron chi connectivity index (χ3n) is 6.64. The van der Waals surface area contributed by atoms with Crippen molar-refractivity contribution in [3.8, 4) is 0 Å². The topological polar surface area (TPSA) is 56.7 Å². The first-order valence-electron chi connectivity index (χ1n) is 13.3. The number of halogens is 3. The number of anilines is 1. The van der Waals surface area contributed by atoms with E-state index in [1.54, 1.807) is 33.8 Å². The SMILES string of the molecule is C/C(=N\[S@@+]([O-])C(C)(C)C)c1cccc(C(F)(F)F)c1NCCO[Si](c1ccccc1)(c1ccccc1)C(C)(C)C. The largest absolute Gasteiger partial charge is 0.591 e. The van der Waals surface area contributed by atoms with Crippen molar-refractivity contribution in [2.45, 2.75) is 64.4 Å². The molecular formula is C31H39F3N2O2SSi. The molecule has 3 aromatic rings. The molecular weight excluding hydrogens is 550 g/mol. The van der Waals surface area contributed by atoms with Crippen molar-refractivity contribution >= 4 is 41.5 Å². The van der Waals surface area contributed by atoms with Crippen molar-refractivity contribution in [2.75, 3.05) is 18.5 Å². The molecule has 0 bridgehead atoms. The Bertz CT molecular complexity index is 1250. The number of rotatable bonds is 9. The van der Waals surface area contributed by atoms with E-state index in [0.717, 1.165) is 16.4 Å². The molecule has 0 aliphatic heterocycles. The van der Waals surface area contributed by atoms with E-state index in [1.807, 2.05) is 36.4 Å². The standard InChI is InChI=1S/C31H39F3N2O2SSi/c1-23(36-39(37)29(2,3)4)26-19-14-20-27(31(32,33)34)28(26)35-21-22-38-40(30(5,6)7,24-15-10-8-11-16-24)25-17-12-9-13-18-25/h8-20,35H,21-22H2,1-7H3/b36-23+/t39-/m0/s1. The second-order valence-electron chi connectivity index (χ2n) is 11.7. The molecule has 0 fully saturated rings. The van der Waals surface area contributed by atoms with Crippen molar-refractivity contribution in [2.24, 2.45) is 4.40 Å². The van der Waals surface area contributed by atoms with Gasteiger partial charge in [0, 0.05) is 12.1 Å². The van der Waals surface area contributed by atoms with Gasteiger partial charge in [-0.05, 0) is 49.2 Å². The fourth-order valence-corrected chi connectivity index (χ4v) is 9.92. The quantitative estimate of drug-likeness (QED) is 0.127. The van der Waals surface area contributed by atoms with E-state index in [2.05, 4.69) is 54.8 Å². The summed E-state index contributed by atoms with van der Waals surface area (Å²) in [5.41, 5.74) is -0.354. The lowest BCUT2D eigenvalue weighted by molar-refractivity contribution is -0.137. The molecule has 0 radical (unpaired) electrons. The van der Waals surface area contributed by atoms with Gasteiger partial charge >= 0.3 is 6.18 Å². The molecule has 1 N–H and O–H groups in total. The van der Waals surface area contributed by atoms with E-state index < -0.39 is 36.2 Å². The van der Waals surface area contributed by atoms with E-state index in [1.165, 1.54) is 6.07 Å². The Balaban J connectivity index is 1.98. The highest BCUT2D eigenvalue weighted by Gasteiger charge is 2.50. The fraction of sp³-hybridized carbons (Fsp3) is 0.387. The summed E-state index contributed by atoms with van der Waals surface area (Å²) in [7, 11) is -2.84. The van der Waals surface area contributed by atoms with Gasteiger partial charge in [-0.15, -0.1) is 0 Å². The minimum absolute atomic E-state index is 0.0896. The van der Waals surface area contributed by atoms with Crippen LogP contribution in [-0.4, -0.2) is 36.5 Å². The van der Waals surface area contributed by atoms with Crippen LogP contribution in [0.2, 0.25) is 5.04 Å². The van der Waals surface area contributed by atoms with Crippen LogP contribution in [0.4, 0.5) is 18.9 Å². The minimum atomic E-state index is -4.58. The van der Waals surface area contributed by atoms with Crippen molar-refractivity contribution in [3.63, 3.8) is 0 Å². The maximum Gasteiger partial charge on any atom is 0.418 e. The average Bonchev–Trinajstić information content (AvgIpc) is 2.87. The second-order valence-corrected chi connectivity index (χ2v) is 17.9. The average molecular weight is 589 g/mol. The third kappa shape index (κ3) is 7.18. The summed E-state index contributed by atoms with van der Waals surface area (Å²) in [6, 6.07) is 24.1. The molecule has 0 aliphatic carbocycles. The summed E-state index contributed by atoms with van der Waals surface area (Å²) < 4.78 is 65.3. The van der Waals surface area contributed by atoms with Crippen molar-refractivity contribution < 1.29 is 22.2 Å². The molecule has 0 spiro atoms. The van der Waals surface area contributed by atoms with Gasteiger partial charge in [0.15, 0.2) is 0 Å². The molecule has 0 unspecified atom stereocenters. The van der Waals surface area contributed by atoms with E-state index in [0.29, 0.717) is 0 Å². The van der Waals surface area contributed by atoms with E-state index in [-0.39, 0.29) is 35.2 Å². The monoisotopic (exact) mass is 588 g/mol. The molecule has 1 atom stereocenters. The zero-order valence-corrected chi connectivity index (χ0v) is 26.0. The van der Waals surface area contributed by atoms with Crippen LogP contribution in [0.15, 0.2) is 83.3 Å². The zero-order chi connectivity index (χ0) is 29.8. The number of hydrogen-bond acceptors (Lipinski definition) is 4. The molecule has 3 rings (SSSR count). The van der Waals surface area contributed by atoms with Gasteiger partial charge in [0.2, 0.25) is 0 Å². The third-order valence-corrected chi connectivity index (χ3v) is 13.2. The number of hydrogen-bond donors (Lipinski definition) is 1. The van der Waals surface area contributed by atoms with Crippen LogP contribution in [-0.2, 0) is 22.0 Å². The Morgan fingerprint density at radius 2 is 1.38 bits per heavy atom. The lowest BCUT2D eigenvalue weighted by Gasteiger charge is -2.43. The van der Waals surface area contributed by atoms with Gasteiger partial charge in [-0.1, -0.05) is 98.0 Å². The van der Waals surface area contributed by atoms with Crippen LogP contribution in [0, 0.1) is 0 Å². The summed E-state index contributed by atoms with van der Waals surface area (Å²) in [5.74, 6) is 0. The zero-order valence-electron chi connectivity index (χ0n) is 24.2. The highest BCUT2D eigenvalue weighted by Crippen LogP contribution is 2.38. The molecule has 40 heavy (non-hydrogen) atoms. The second kappa shape index (κ2) is 12.5. The normalized spacial score (nSPS) is 14.2. The first kappa shape index (κ1) is 31.9. The first-order chi connectivity index (χ1) is 18.6. The van der Waals surface area contributed by atoms with Gasteiger partial charge in [0.05, 0.1) is 23.6 Å². The lowest BCUT2D eigenvalue weighted by atomic mass is 10.0. The summed E-state index contributed by atoms with van der Waals surface area (Å²) in [6.45, 7) is 13.7. The Labute approximate surface area is 240 Å². The van der Waals surface area contributed by atoms with Crippen LogP contribution in [0.5, 0.6) is 0 Å². The van der Waals surface area contributed by atoms with Gasteiger partial charge in [-0.2, -0.15) is 13.2 Å². The summed E-state index contributed by atoms with van der Waals surface area (Å²) in [4.78, 5) is 0. The summed E-state index contributed by atoms with van der Waals surface area (Å²) in [6.07, 6.45) is -4.58. The summed E-state index contributed by atoms with van der Waals surface area (Å²) in [5, 5.41) is 4.94. The number of alkyl halides is 3. The molecule has 3 aromatic carbocycles. The highest BCUT2D eigenvalue weighted by molar-refractivity contribution is 7.91. The molecule has 9 heteroatoms. The predicted octanol–water partition coefficient (Wildman–Crippen LogP) is 6.97. The van der Waals surface area contributed by atoms with E-state index >= 15 is 0 Å². The maximum absolute atomic E-state index is 14.1. The molecule has 0 heterocycles. The smallest absolute Gasteiger partial charge is 0.418 e. The van der Waals surface area contributed by atoms with Gasteiger partial charge < -0.3 is 14.3 Å². The Morgan fingerprint density at radius 3 is 1.82 bits per heavy atom. The molecule has 0 amide bonds. The minimum Gasteiger partial charge on any atom is -0.591 e. The maximum atomic E-state index is 14.1. The number of para-hydroxylation sites is 1. The van der Waals surface area contributed by atoms with E-state index in [9.17, 15) is 17.7 Å². The van der Waals surface area contributed by atoms with Crippen LogP contribution < -0.4 is 15.7 Å². The number of benzene rings is 3. The molecule has 0 aliphatic rings. The van der Waals surface area contributed by atoms with Crippen molar-refractivity contribution in [1.29, 1.82) is 0 Å². The Kier molecular flexibility index (Phi) is 9.98. The number of nitrogens with zero attached hydrogens (tertiary/aromatic N) is 1. The lowest BCUT2D eigenvalue weighted by Crippen LogP contribution is -2.66. The van der Waals surface area contributed by atoms with E-state index in [4.69, 9.17) is 4.43 Å². The van der Waals surface area contributed by atoms with Crippen LogP contribution in [0.25, 0.3) is 0 Å². The van der Waals surface area contributed by atoms with Gasteiger partial charge in [0.25, 0.3) is 8.32 Å².